The van der Waals surface area contributed by atoms with E-state index < -0.39 is 6.10 Å². The predicted molar refractivity (Wildman–Crippen MR) is 100 cm³/mol. The summed E-state index contributed by atoms with van der Waals surface area (Å²) in [6.07, 6.45) is -0.554. The van der Waals surface area contributed by atoms with Crippen LogP contribution in [0.2, 0.25) is 0 Å². The molecular weight excluding hydrogens is 314 g/mol. The minimum atomic E-state index is -0.554. The Bertz CT molecular complexity index is 740. The van der Waals surface area contributed by atoms with Gasteiger partial charge in [0, 0.05) is 0 Å². The number of carbonyl (C=O) groups is 1. The first-order valence-electron chi connectivity index (χ1n) is 8.59. The van der Waals surface area contributed by atoms with Crippen LogP contribution in [0.5, 0.6) is 11.5 Å². The molecular formula is C21H27NO3. The average Bonchev–Trinajstić information content (AvgIpc) is 2.58. The maximum atomic E-state index is 12.2. The summed E-state index contributed by atoms with van der Waals surface area (Å²) in [6.45, 7) is 10.7. The number of hydrogen-bond donors (Lipinski definition) is 1. The van der Waals surface area contributed by atoms with Gasteiger partial charge < -0.3 is 14.8 Å². The van der Waals surface area contributed by atoms with Gasteiger partial charge in [-0.1, -0.05) is 18.2 Å². The fourth-order valence-corrected chi connectivity index (χ4v) is 2.39. The minimum absolute atomic E-state index is 0.149. The highest BCUT2D eigenvalue weighted by Crippen LogP contribution is 2.21. The van der Waals surface area contributed by atoms with Crippen LogP contribution in [0.25, 0.3) is 0 Å². The highest BCUT2D eigenvalue weighted by Gasteiger charge is 2.15. The first-order valence-corrected chi connectivity index (χ1v) is 8.59. The van der Waals surface area contributed by atoms with Crippen molar-refractivity contribution in [2.24, 2.45) is 0 Å². The Labute approximate surface area is 150 Å². The topological polar surface area (TPSA) is 47.6 Å². The molecule has 0 fully saturated rings. The second-order valence-electron chi connectivity index (χ2n) is 6.34. The Kier molecular flexibility index (Phi) is 6.45. The normalized spacial score (nSPS) is 11.7. The molecule has 0 saturated carbocycles. The molecule has 1 unspecified atom stereocenters. The van der Waals surface area contributed by atoms with Gasteiger partial charge >= 0.3 is 0 Å². The molecule has 0 aliphatic heterocycles. The van der Waals surface area contributed by atoms with Crippen LogP contribution in [0, 0.1) is 27.7 Å². The Morgan fingerprint density at radius 3 is 2.52 bits per heavy atom. The molecule has 1 amide bonds. The van der Waals surface area contributed by atoms with Crippen LogP contribution in [-0.2, 0) is 4.79 Å². The standard InChI is InChI=1S/C21H27NO3/c1-14-9-10-19(13-16(14)3)24-12-11-22-21(23)18(5)25-20-8-6-7-15(2)17(20)4/h6-10,13,18H,11-12H2,1-5H3,(H,22,23). The molecule has 2 aromatic rings. The lowest BCUT2D eigenvalue weighted by molar-refractivity contribution is -0.127. The van der Waals surface area contributed by atoms with E-state index in [4.69, 9.17) is 9.47 Å². The lowest BCUT2D eigenvalue weighted by atomic mass is 10.1. The molecule has 0 saturated heterocycles. The highest BCUT2D eigenvalue weighted by molar-refractivity contribution is 5.80. The van der Waals surface area contributed by atoms with Gasteiger partial charge in [0.2, 0.25) is 0 Å². The highest BCUT2D eigenvalue weighted by atomic mass is 16.5. The number of aryl methyl sites for hydroxylation is 3. The summed E-state index contributed by atoms with van der Waals surface area (Å²) in [7, 11) is 0. The van der Waals surface area contributed by atoms with E-state index in [1.807, 2.05) is 50.2 Å². The van der Waals surface area contributed by atoms with Crippen LogP contribution in [0.15, 0.2) is 36.4 Å². The Morgan fingerprint density at radius 1 is 1.04 bits per heavy atom. The zero-order chi connectivity index (χ0) is 18.4. The molecule has 4 heteroatoms. The maximum Gasteiger partial charge on any atom is 0.260 e. The third-order valence-corrected chi connectivity index (χ3v) is 4.38. The van der Waals surface area contributed by atoms with Gasteiger partial charge in [-0.05, 0) is 75.1 Å². The molecule has 1 N–H and O–H groups in total. The SMILES string of the molecule is Cc1ccc(OCCNC(=O)C(C)Oc2cccc(C)c2C)cc1C. The van der Waals surface area contributed by atoms with Crippen molar-refractivity contribution in [2.45, 2.75) is 40.7 Å². The van der Waals surface area contributed by atoms with Gasteiger partial charge in [-0.3, -0.25) is 4.79 Å². The van der Waals surface area contributed by atoms with Crippen LogP contribution in [-0.4, -0.2) is 25.2 Å². The number of rotatable bonds is 7. The Balaban J connectivity index is 1.77. The smallest absolute Gasteiger partial charge is 0.260 e. The van der Waals surface area contributed by atoms with Gasteiger partial charge in [0.1, 0.15) is 18.1 Å². The lowest BCUT2D eigenvalue weighted by Crippen LogP contribution is -2.38. The van der Waals surface area contributed by atoms with Gasteiger partial charge in [0.15, 0.2) is 6.10 Å². The molecule has 25 heavy (non-hydrogen) atoms. The third-order valence-electron chi connectivity index (χ3n) is 4.38. The van der Waals surface area contributed by atoms with Crippen LogP contribution >= 0.6 is 0 Å². The Hall–Kier alpha value is -2.49. The van der Waals surface area contributed by atoms with Gasteiger partial charge in [0.25, 0.3) is 5.91 Å². The van der Waals surface area contributed by atoms with Crippen molar-refractivity contribution in [3.63, 3.8) is 0 Å². The predicted octanol–water partition coefficient (Wildman–Crippen LogP) is 3.88. The van der Waals surface area contributed by atoms with Crippen molar-refractivity contribution >= 4 is 5.91 Å². The van der Waals surface area contributed by atoms with Crippen LogP contribution < -0.4 is 14.8 Å². The van der Waals surface area contributed by atoms with E-state index in [1.165, 1.54) is 11.1 Å². The van der Waals surface area contributed by atoms with E-state index in [0.717, 1.165) is 22.6 Å². The van der Waals surface area contributed by atoms with Crippen LogP contribution in [0.4, 0.5) is 0 Å². The largest absolute Gasteiger partial charge is 0.492 e. The van der Waals surface area contributed by atoms with E-state index >= 15 is 0 Å². The van der Waals surface area contributed by atoms with Gasteiger partial charge in [-0.25, -0.2) is 0 Å². The zero-order valence-corrected chi connectivity index (χ0v) is 15.7. The molecule has 0 aliphatic rings. The van der Waals surface area contributed by atoms with Crippen molar-refractivity contribution in [3.05, 3.63) is 58.7 Å². The number of nitrogens with one attached hydrogen (secondary N) is 1. The van der Waals surface area contributed by atoms with Crippen LogP contribution in [0.1, 0.15) is 29.2 Å². The van der Waals surface area contributed by atoms with Crippen molar-refractivity contribution in [3.8, 4) is 11.5 Å². The van der Waals surface area contributed by atoms with Crippen LogP contribution in [0.3, 0.4) is 0 Å². The molecule has 0 radical (unpaired) electrons. The molecule has 0 bridgehead atoms. The van der Waals surface area contributed by atoms with Gasteiger partial charge in [-0.15, -0.1) is 0 Å². The minimum Gasteiger partial charge on any atom is -0.492 e. The summed E-state index contributed by atoms with van der Waals surface area (Å²) in [6, 6.07) is 11.8. The van der Waals surface area contributed by atoms with Gasteiger partial charge in [0.05, 0.1) is 6.54 Å². The molecule has 4 nitrogen and oxygen atoms in total. The van der Waals surface area contributed by atoms with Crippen molar-refractivity contribution < 1.29 is 14.3 Å². The van der Waals surface area contributed by atoms with E-state index in [9.17, 15) is 4.79 Å². The lowest BCUT2D eigenvalue weighted by Gasteiger charge is -2.17. The van der Waals surface area contributed by atoms with Crippen molar-refractivity contribution in [1.82, 2.24) is 5.32 Å². The number of amides is 1. The molecule has 0 aromatic heterocycles. The quantitative estimate of drug-likeness (QED) is 0.778. The summed E-state index contributed by atoms with van der Waals surface area (Å²) in [4.78, 5) is 12.2. The van der Waals surface area contributed by atoms with E-state index in [0.29, 0.717) is 13.2 Å². The van der Waals surface area contributed by atoms with E-state index in [1.54, 1.807) is 6.92 Å². The van der Waals surface area contributed by atoms with Crippen molar-refractivity contribution in [2.75, 3.05) is 13.2 Å². The van der Waals surface area contributed by atoms with E-state index in [-0.39, 0.29) is 5.91 Å². The summed E-state index contributed by atoms with van der Waals surface area (Å²) in [5.74, 6) is 1.41. The van der Waals surface area contributed by atoms with Crippen molar-refractivity contribution in [1.29, 1.82) is 0 Å². The first kappa shape index (κ1) is 18.8. The second kappa shape index (κ2) is 8.56. The average molecular weight is 341 g/mol. The number of benzene rings is 2. The zero-order valence-electron chi connectivity index (χ0n) is 15.7. The molecule has 0 heterocycles. The van der Waals surface area contributed by atoms with E-state index in [2.05, 4.69) is 19.2 Å². The molecule has 0 aliphatic carbocycles. The third kappa shape index (κ3) is 5.24. The number of hydrogen-bond acceptors (Lipinski definition) is 3. The number of carbonyl (C=O) groups excluding carboxylic acids is 1. The summed E-state index contributed by atoms with van der Waals surface area (Å²) in [5.41, 5.74) is 4.63. The maximum absolute atomic E-state index is 12.2. The second-order valence-corrected chi connectivity index (χ2v) is 6.34. The Morgan fingerprint density at radius 2 is 1.80 bits per heavy atom. The number of ether oxygens (including phenoxy) is 2. The molecule has 1 atom stereocenters. The first-order chi connectivity index (χ1) is 11.9. The summed E-state index contributed by atoms with van der Waals surface area (Å²) >= 11 is 0. The molecule has 0 spiro atoms. The summed E-state index contributed by atoms with van der Waals surface area (Å²) in [5, 5.41) is 2.84. The molecule has 134 valence electrons. The molecule has 2 rings (SSSR count). The fourth-order valence-electron chi connectivity index (χ4n) is 2.39. The fraction of sp³-hybridized carbons (Fsp3) is 0.381. The monoisotopic (exact) mass is 341 g/mol. The van der Waals surface area contributed by atoms with Gasteiger partial charge in [-0.2, -0.15) is 0 Å². The molecule has 2 aromatic carbocycles. The summed E-state index contributed by atoms with van der Waals surface area (Å²) < 4.78 is 11.4.